The third-order valence-corrected chi connectivity index (χ3v) is 2.46. The smallest absolute Gasteiger partial charge is 0.259 e. The molecule has 0 bridgehead atoms. The molecule has 1 aromatic heterocycles. The van der Waals surface area contributed by atoms with Crippen LogP contribution >= 0.6 is 11.6 Å². The second kappa shape index (κ2) is 5.01. The Balaban J connectivity index is 2.24. The summed E-state index contributed by atoms with van der Waals surface area (Å²) >= 11 is 5.59. The predicted molar refractivity (Wildman–Crippen MR) is 65.3 cm³/mol. The lowest BCUT2D eigenvalue weighted by molar-refractivity contribution is 0.102. The number of pyridine rings is 1. The number of anilines is 1. The van der Waals surface area contributed by atoms with Crippen LogP contribution in [0.3, 0.4) is 0 Å². The Morgan fingerprint density at radius 2 is 2.17 bits per heavy atom. The van der Waals surface area contributed by atoms with Gasteiger partial charge in [-0.25, -0.2) is 4.39 Å². The fourth-order valence-corrected chi connectivity index (χ4v) is 1.52. The number of hydrogen-bond donors (Lipinski definition) is 2. The first kappa shape index (κ1) is 12.3. The van der Waals surface area contributed by atoms with E-state index in [1.807, 2.05) is 0 Å². The van der Waals surface area contributed by atoms with Crippen LogP contribution in [-0.2, 0) is 0 Å². The summed E-state index contributed by atoms with van der Waals surface area (Å²) in [7, 11) is 0. The molecule has 0 aliphatic carbocycles. The maximum absolute atomic E-state index is 13.5. The molecule has 92 valence electrons. The molecule has 0 saturated carbocycles. The molecular formula is C12H8ClFN2O2. The van der Waals surface area contributed by atoms with Gasteiger partial charge in [0.05, 0.1) is 17.4 Å². The van der Waals surface area contributed by atoms with Gasteiger partial charge in [-0.1, -0.05) is 11.6 Å². The molecule has 1 heterocycles. The van der Waals surface area contributed by atoms with Crippen LogP contribution in [0.15, 0.2) is 36.7 Å². The van der Waals surface area contributed by atoms with Crippen molar-refractivity contribution in [2.45, 2.75) is 0 Å². The number of aromatic nitrogens is 1. The number of amides is 1. The Labute approximate surface area is 107 Å². The molecule has 0 radical (unpaired) electrons. The highest BCUT2D eigenvalue weighted by Crippen LogP contribution is 2.21. The van der Waals surface area contributed by atoms with E-state index in [-0.39, 0.29) is 22.0 Å². The molecule has 2 rings (SSSR count). The number of halogens is 2. The summed E-state index contributed by atoms with van der Waals surface area (Å²) in [5.41, 5.74) is -0.0000350. The summed E-state index contributed by atoms with van der Waals surface area (Å²) < 4.78 is 13.5. The standard InChI is InChI=1S/C12H8ClFN2O2/c13-7-1-2-10(9(14)5-7)16-12(18)8-3-4-15-6-11(8)17/h1-6,17H,(H,16,18). The van der Waals surface area contributed by atoms with E-state index in [0.717, 1.165) is 12.3 Å². The van der Waals surface area contributed by atoms with Gasteiger partial charge in [-0.2, -0.15) is 0 Å². The lowest BCUT2D eigenvalue weighted by Crippen LogP contribution is -2.13. The van der Waals surface area contributed by atoms with Gasteiger partial charge < -0.3 is 10.4 Å². The van der Waals surface area contributed by atoms with Crippen LogP contribution in [0.5, 0.6) is 5.75 Å². The van der Waals surface area contributed by atoms with Gasteiger partial charge in [0.15, 0.2) is 0 Å². The molecule has 0 fully saturated rings. The molecule has 0 spiro atoms. The van der Waals surface area contributed by atoms with Gasteiger partial charge in [-0.05, 0) is 24.3 Å². The average molecular weight is 267 g/mol. The Kier molecular flexibility index (Phi) is 3.43. The van der Waals surface area contributed by atoms with Crippen molar-refractivity contribution >= 4 is 23.2 Å². The summed E-state index contributed by atoms with van der Waals surface area (Å²) in [6, 6.07) is 5.21. The lowest BCUT2D eigenvalue weighted by Gasteiger charge is -2.07. The minimum atomic E-state index is -0.649. The second-order valence-corrected chi connectivity index (χ2v) is 3.91. The van der Waals surface area contributed by atoms with Gasteiger partial charge >= 0.3 is 0 Å². The molecule has 0 unspecified atom stereocenters. The molecule has 18 heavy (non-hydrogen) atoms. The first-order chi connectivity index (χ1) is 8.58. The van der Waals surface area contributed by atoms with Crippen molar-refractivity contribution in [3.8, 4) is 5.75 Å². The Hall–Kier alpha value is -2.14. The zero-order chi connectivity index (χ0) is 13.1. The number of rotatable bonds is 2. The molecular weight excluding hydrogens is 259 g/mol. The van der Waals surface area contributed by atoms with E-state index in [2.05, 4.69) is 10.3 Å². The van der Waals surface area contributed by atoms with Crippen LogP contribution in [0, 0.1) is 5.82 Å². The van der Waals surface area contributed by atoms with Crippen molar-refractivity contribution < 1.29 is 14.3 Å². The first-order valence-electron chi connectivity index (χ1n) is 4.97. The van der Waals surface area contributed by atoms with Crippen molar-refractivity contribution in [2.75, 3.05) is 5.32 Å². The van der Waals surface area contributed by atoms with Crippen molar-refractivity contribution in [3.05, 3.63) is 53.1 Å². The zero-order valence-electron chi connectivity index (χ0n) is 9.02. The van der Waals surface area contributed by atoms with E-state index in [1.54, 1.807) is 0 Å². The SMILES string of the molecule is O=C(Nc1ccc(Cl)cc1F)c1ccncc1O. The van der Waals surface area contributed by atoms with Gasteiger partial charge in [0.25, 0.3) is 5.91 Å². The van der Waals surface area contributed by atoms with E-state index in [1.165, 1.54) is 24.4 Å². The third-order valence-electron chi connectivity index (χ3n) is 2.22. The monoisotopic (exact) mass is 266 g/mol. The minimum absolute atomic E-state index is 0.0133. The van der Waals surface area contributed by atoms with Gasteiger partial charge in [0.1, 0.15) is 11.6 Å². The van der Waals surface area contributed by atoms with E-state index >= 15 is 0 Å². The average Bonchev–Trinajstić information content (AvgIpc) is 2.33. The van der Waals surface area contributed by atoms with Crippen LogP contribution in [-0.4, -0.2) is 16.0 Å². The summed E-state index contributed by atoms with van der Waals surface area (Å²) in [6.45, 7) is 0. The lowest BCUT2D eigenvalue weighted by atomic mass is 10.2. The van der Waals surface area contributed by atoms with Gasteiger partial charge in [0.2, 0.25) is 0 Å². The zero-order valence-corrected chi connectivity index (χ0v) is 9.78. The fourth-order valence-electron chi connectivity index (χ4n) is 1.36. The highest BCUT2D eigenvalue weighted by molar-refractivity contribution is 6.30. The van der Waals surface area contributed by atoms with E-state index in [4.69, 9.17) is 11.6 Å². The highest BCUT2D eigenvalue weighted by atomic mass is 35.5. The maximum Gasteiger partial charge on any atom is 0.259 e. The number of nitrogens with zero attached hydrogens (tertiary/aromatic N) is 1. The maximum atomic E-state index is 13.5. The number of nitrogens with one attached hydrogen (secondary N) is 1. The molecule has 0 aliphatic rings. The minimum Gasteiger partial charge on any atom is -0.505 e. The Bertz CT molecular complexity index is 604. The Morgan fingerprint density at radius 1 is 1.39 bits per heavy atom. The number of benzene rings is 1. The molecule has 0 atom stereocenters. The first-order valence-corrected chi connectivity index (χ1v) is 5.35. The third kappa shape index (κ3) is 2.57. The normalized spacial score (nSPS) is 10.1. The van der Waals surface area contributed by atoms with Gasteiger partial charge in [-0.15, -0.1) is 0 Å². The Morgan fingerprint density at radius 3 is 2.83 bits per heavy atom. The summed E-state index contributed by atoms with van der Waals surface area (Å²) in [6.07, 6.45) is 2.49. The van der Waals surface area contributed by atoms with Crippen molar-refractivity contribution in [2.24, 2.45) is 0 Å². The van der Waals surface area contributed by atoms with E-state index in [9.17, 15) is 14.3 Å². The molecule has 2 aromatic rings. The van der Waals surface area contributed by atoms with Crippen molar-refractivity contribution in [1.29, 1.82) is 0 Å². The largest absolute Gasteiger partial charge is 0.505 e. The quantitative estimate of drug-likeness (QED) is 0.879. The van der Waals surface area contributed by atoms with Gasteiger partial charge in [-0.3, -0.25) is 9.78 Å². The number of carbonyl (C=O) groups excluding carboxylic acids is 1. The molecule has 2 N–H and O–H groups in total. The van der Waals surface area contributed by atoms with Crippen LogP contribution in [0.1, 0.15) is 10.4 Å². The number of aromatic hydroxyl groups is 1. The van der Waals surface area contributed by atoms with Crippen LogP contribution in [0.4, 0.5) is 10.1 Å². The van der Waals surface area contributed by atoms with Crippen LogP contribution < -0.4 is 5.32 Å². The second-order valence-electron chi connectivity index (χ2n) is 3.47. The molecule has 6 heteroatoms. The topological polar surface area (TPSA) is 62.2 Å². The van der Waals surface area contributed by atoms with Gasteiger partial charge in [0, 0.05) is 11.2 Å². The summed E-state index contributed by atoms with van der Waals surface area (Å²) in [5.74, 6) is -1.55. The van der Waals surface area contributed by atoms with Crippen LogP contribution in [0.2, 0.25) is 5.02 Å². The summed E-state index contributed by atoms with van der Waals surface area (Å²) in [4.78, 5) is 15.4. The molecule has 0 saturated heterocycles. The molecule has 1 aromatic carbocycles. The predicted octanol–water partition coefficient (Wildman–Crippen LogP) is 2.83. The highest BCUT2D eigenvalue weighted by Gasteiger charge is 2.13. The van der Waals surface area contributed by atoms with Crippen LogP contribution in [0.25, 0.3) is 0 Å². The molecule has 1 amide bonds. The van der Waals surface area contributed by atoms with Crippen molar-refractivity contribution in [3.63, 3.8) is 0 Å². The fraction of sp³-hybridized carbons (Fsp3) is 0. The number of carbonyl (C=O) groups is 1. The van der Waals surface area contributed by atoms with Crippen molar-refractivity contribution in [1.82, 2.24) is 4.98 Å². The van der Waals surface area contributed by atoms with E-state index in [0.29, 0.717) is 0 Å². The molecule has 0 aliphatic heterocycles. The molecule has 4 nitrogen and oxygen atoms in total. The summed E-state index contributed by atoms with van der Waals surface area (Å²) in [5, 5.41) is 12.0. The van der Waals surface area contributed by atoms with E-state index < -0.39 is 11.7 Å². The number of hydrogen-bond acceptors (Lipinski definition) is 3.